The SMILES string of the molecule is CCCOC1(C(C)(C)C2=CCC=C2)CC=C(C(C)(C)C)C=C1C(C)(C)C. The molecule has 0 aromatic heterocycles. The van der Waals surface area contributed by atoms with Crippen molar-refractivity contribution in [2.45, 2.75) is 87.2 Å². The van der Waals surface area contributed by atoms with Crippen LogP contribution in [0.2, 0.25) is 0 Å². The van der Waals surface area contributed by atoms with E-state index in [9.17, 15) is 0 Å². The van der Waals surface area contributed by atoms with Crippen molar-refractivity contribution in [1.29, 1.82) is 0 Å². The molecule has 146 valence electrons. The molecular weight excluding hydrogens is 316 g/mol. The summed E-state index contributed by atoms with van der Waals surface area (Å²) in [5.74, 6) is 0. The molecule has 26 heavy (non-hydrogen) atoms. The Morgan fingerprint density at radius 1 is 0.923 bits per heavy atom. The lowest BCUT2D eigenvalue weighted by atomic mass is 9.57. The molecule has 0 bridgehead atoms. The number of allylic oxidation sites excluding steroid dienone is 5. The summed E-state index contributed by atoms with van der Waals surface area (Å²) in [6.07, 6.45) is 14.9. The molecule has 1 heteroatoms. The summed E-state index contributed by atoms with van der Waals surface area (Å²) in [5, 5.41) is 0. The molecular formula is C25H40O. The van der Waals surface area contributed by atoms with Crippen LogP contribution in [-0.4, -0.2) is 12.2 Å². The predicted octanol–water partition coefficient (Wildman–Crippen LogP) is 7.41. The lowest BCUT2D eigenvalue weighted by Gasteiger charge is -2.53. The summed E-state index contributed by atoms with van der Waals surface area (Å²) in [6, 6.07) is 0. The third-order valence-electron chi connectivity index (χ3n) is 6.07. The minimum atomic E-state index is -0.295. The zero-order chi connectivity index (χ0) is 19.8. The molecule has 0 fully saturated rings. The van der Waals surface area contributed by atoms with E-state index in [1.54, 1.807) is 0 Å². The number of hydrogen-bond acceptors (Lipinski definition) is 1. The molecule has 1 unspecified atom stereocenters. The molecule has 0 saturated carbocycles. The number of rotatable bonds is 5. The van der Waals surface area contributed by atoms with Gasteiger partial charge < -0.3 is 4.74 Å². The molecule has 0 aromatic rings. The van der Waals surface area contributed by atoms with E-state index in [1.165, 1.54) is 16.7 Å². The van der Waals surface area contributed by atoms with Gasteiger partial charge in [0.2, 0.25) is 0 Å². The maximum Gasteiger partial charge on any atom is 0.102 e. The van der Waals surface area contributed by atoms with Crippen molar-refractivity contribution in [2.24, 2.45) is 16.2 Å². The van der Waals surface area contributed by atoms with Gasteiger partial charge in [-0.15, -0.1) is 0 Å². The molecule has 0 heterocycles. The van der Waals surface area contributed by atoms with Gasteiger partial charge in [0.25, 0.3) is 0 Å². The van der Waals surface area contributed by atoms with Gasteiger partial charge >= 0.3 is 0 Å². The molecule has 0 N–H and O–H groups in total. The highest BCUT2D eigenvalue weighted by atomic mass is 16.5. The van der Waals surface area contributed by atoms with Gasteiger partial charge in [-0.2, -0.15) is 0 Å². The van der Waals surface area contributed by atoms with E-state index in [0.29, 0.717) is 0 Å². The molecule has 1 nitrogen and oxygen atoms in total. The maximum atomic E-state index is 6.81. The van der Waals surface area contributed by atoms with Crippen LogP contribution in [0.3, 0.4) is 0 Å². The van der Waals surface area contributed by atoms with Crippen molar-refractivity contribution in [2.75, 3.05) is 6.61 Å². The van der Waals surface area contributed by atoms with Gasteiger partial charge in [0.1, 0.15) is 5.60 Å². The average molecular weight is 357 g/mol. The molecule has 0 radical (unpaired) electrons. The van der Waals surface area contributed by atoms with Crippen LogP contribution in [-0.2, 0) is 4.74 Å². The Morgan fingerprint density at radius 2 is 1.58 bits per heavy atom. The second-order valence-corrected chi connectivity index (χ2v) is 10.5. The zero-order valence-corrected chi connectivity index (χ0v) is 18.6. The largest absolute Gasteiger partial charge is 0.369 e. The van der Waals surface area contributed by atoms with E-state index >= 15 is 0 Å². The highest BCUT2D eigenvalue weighted by Gasteiger charge is 2.53. The van der Waals surface area contributed by atoms with Gasteiger partial charge in [0.15, 0.2) is 0 Å². The second-order valence-electron chi connectivity index (χ2n) is 10.5. The molecule has 0 spiro atoms. The van der Waals surface area contributed by atoms with Crippen molar-refractivity contribution in [1.82, 2.24) is 0 Å². The highest BCUT2D eigenvalue weighted by Crippen LogP contribution is 2.56. The maximum absolute atomic E-state index is 6.81. The van der Waals surface area contributed by atoms with E-state index in [-0.39, 0.29) is 21.8 Å². The molecule has 0 aliphatic heterocycles. The fourth-order valence-electron chi connectivity index (χ4n) is 4.38. The van der Waals surface area contributed by atoms with Crippen molar-refractivity contribution in [3.8, 4) is 0 Å². The quantitative estimate of drug-likeness (QED) is 0.498. The molecule has 0 amide bonds. The number of hydrogen-bond donors (Lipinski definition) is 0. The van der Waals surface area contributed by atoms with Crippen molar-refractivity contribution >= 4 is 0 Å². The lowest BCUT2D eigenvalue weighted by molar-refractivity contribution is -0.0900. The van der Waals surface area contributed by atoms with Crippen LogP contribution >= 0.6 is 0 Å². The first-order valence-corrected chi connectivity index (χ1v) is 10.3. The fourth-order valence-corrected chi connectivity index (χ4v) is 4.38. The van der Waals surface area contributed by atoms with Crippen molar-refractivity contribution in [3.05, 3.63) is 47.1 Å². The smallest absolute Gasteiger partial charge is 0.102 e. The fraction of sp³-hybridized carbons (Fsp3) is 0.680. The molecule has 2 aliphatic carbocycles. The second kappa shape index (κ2) is 7.15. The average Bonchev–Trinajstić information content (AvgIpc) is 3.05. The Bertz CT molecular complexity index is 641. The van der Waals surface area contributed by atoms with Gasteiger partial charge in [0.05, 0.1) is 0 Å². The summed E-state index contributed by atoms with van der Waals surface area (Å²) in [4.78, 5) is 0. The van der Waals surface area contributed by atoms with Gasteiger partial charge in [0, 0.05) is 12.0 Å². The topological polar surface area (TPSA) is 9.23 Å². The van der Waals surface area contributed by atoms with Crippen LogP contribution in [0, 0.1) is 16.2 Å². The van der Waals surface area contributed by atoms with Gasteiger partial charge in [-0.05, 0) is 46.8 Å². The Hall–Kier alpha value is -1.08. The summed E-state index contributed by atoms with van der Waals surface area (Å²) in [6.45, 7) is 21.7. The predicted molar refractivity (Wildman–Crippen MR) is 114 cm³/mol. The summed E-state index contributed by atoms with van der Waals surface area (Å²) < 4.78 is 6.81. The Labute approximate surface area is 162 Å². The van der Waals surface area contributed by atoms with Gasteiger partial charge in [-0.3, -0.25) is 0 Å². The van der Waals surface area contributed by atoms with Crippen LogP contribution in [0.1, 0.15) is 81.6 Å². The minimum Gasteiger partial charge on any atom is -0.369 e. The monoisotopic (exact) mass is 356 g/mol. The van der Waals surface area contributed by atoms with Crippen molar-refractivity contribution in [3.63, 3.8) is 0 Å². The third kappa shape index (κ3) is 3.79. The van der Waals surface area contributed by atoms with Gasteiger partial charge in [-0.25, -0.2) is 0 Å². The van der Waals surface area contributed by atoms with Crippen LogP contribution < -0.4 is 0 Å². The number of ether oxygens (including phenoxy) is 1. The Morgan fingerprint density at radius 3 is 2.04 bits per heavy atom. The molecule has 0 aromatic carbocycles. The zero-order valence-electron chi connectivity index (χ0n) is 18.6. The van der Waals surface area contributed by atoms with E-state index < -0.39 is 0 Å². The summed E-state index contributed by atoms with van der Waals surface area (Å²) in [5.41, 5.74) is 4.13. The van der Waals surface area contributed by atoms with E-state index in [0.717, 1.165) is 25.9 Å². The summed E-state index contributed by atoms with van der Waals surface area (Å²) in [7, 11) is 0. The van der Waals surface area contributed by atoms with E-state index in [1.807, 2.05) is 0 Å². The normalized spacial score (nSPS) is 24.4. The van der Waals surface area contributed by atoms with Crippen molar-refractivity contribution < 1.29 is 4.74 Å². The van der Waals surface area contributed by atoms with Crippen LogP contribution in [0.5, 0.6) is 0 Å². The Balaban J connectivity index is 2.65. The third-order valence-corrected chi connectivity index (χ3v) is 6.07. The minimum absolute atomic E-state index is 0.0542. The lowest BCUT2D eigenvalue weighted by Crippen LogP contribution is -2.53. The van der Waals surface area contributed by atoms with Crippen LogP contribution in [0.4, 0.5) is 0 Å². The first kappa shape index (κ1) is 21.2. The van der Waals surface area contributed by atoms with E-state index in [2.05, 4.69) is 92.7 Å². The first-order chi connectivity index (χ1) is 11.9. The summed E-state index contributed by atoms with van der Waals surface area (Å²) >= 11 is 0. The van der Waals surface area contributed by atoms with Crippen LogP contribution in [0.25, 0.3) is 0 Å². The van der Waals surface area contributed by atoms with Gasteiger partial charge in [-0.1, -0.05) is 92.7 Å². The molecule has 0 saturated heterocycles. The standard InChI is InChI=1S/C25H40O/c1-10-17-26-25(24(8,9)19-13-11-12-14-19)16-15-20(22(2,3)4)18-21(25)23(5,6)7/h11,13-15,18H,10,12,16-17H2,1-9H3. The molecule has 2 rings (SSSR count). The highest BCUT2D eigenvalue weighted by molar-refractivity contribution is 5.47. The van der Waals surface area contributed by atoms with Crippen LogP contribution in [0.15, 0.2) is 47.1 Å². The Kier molecular flexibility index (Phi) is 5.84. The first-order valence-electron chi connectivity index (χ1n) is 10.3. The molecule has 2 aliphatic rings. The molecule has 1 atom stereocenters. The van der Waals surface area contributed by atoms with E-state index in [4.69, 9.17) is 4.74 Å².